The number of hydrogen-bond acceptors (Lipinski definition) is 3. The van der Waals surface area contributed by atoms with Crippen LogP contribution in [0, 0.1) is 0 Å². The van der Waals surface area contributed by atoms with E-state index in [1.165, 1.54) is 25.7 Å². The maximum absolute atomic E-state index is 5.47. The Morgan fingerprint density at radius 1 is 1.29 bits per heavy atom. The molecule has 1 aliphatic rings. The fraction of sp³-hybridized carbons (Fsp3) is 0.562. The minimum atomic E-state index is 0.737. The molecule has 1 aromatic heterocycles. The second-order valence-electron chi connectivity index (χ2n) is 5.34. The van der Waals surface area contributed by atoms with Gasteiger partial charge in [-0.2, -0.15) is 5.10 Å². The molecule has 1 aromatic rings. The summed E-state index contributed by atoms with van der Waals surface area (Å²) >= 11 is 5.47. The Labute approximate surface area is 132 Å². The molecular formula is C16H24N4S. The van der Waals surface area contributed by atoms with E-state index >= 15 is 0 Å². The van der Waals surface area contributed by atoms with E-state index in [0.717, 1.165) is 42.4 Å². The van der Waals surface area contributed by atoms with Crippen LogP contribution in [0.25, 0.3) is 0 Å². The van der Waals surface area contributed by atoms with Gasteiger partial charge >= 0.3 is 0 Å². The van der Waals surface area contributed by atoms with Gasteiger partial charge in [-0.1, -0.05) is 32.3 Å². The van der Waals surface area contributed by atoms with Gasteiger partial charge in [-0.15, -0.1) is 0 Å². The van der Waals surface area contributed by atoms with Crippen LogP contribution < -0.4 is 5.43 Å². The van der Waals surface area contributed by atoms with Gasteiger partial charge in [0.25, 0.3) is 0 Å². The SMILES string of the molecule is CCC/C(=N/NC(=S)N1CCCCCC1)c1ccccn1. The van der Waals surface area contributed by atoms with Gasteiger partial charge < -0.3 is 4.90 Å². The van der Waals surface area contributed by atoms with Crippen LogP contribution in [0.1, 0.15) is 51.1 Å². The summed E-state index contributed by atoms with van der Waals surface area (Å²) in [6.07, 6.45) is 8.77. The van der Waals surface area contributed by atoms with Crippen LogP contribution in [0.5, 0.6) is 0 Å². The summed E-state index contributed by atoms with van der Waals surface area (Å²) in [5, 5.41) is 5.25. The maximum Gasteiger partial charge on any atom is 0.189 e. The van der Waals surface area contributed by atoms with Crippen molar-refractivity contribution in [2.45, 2.75) is 45.4 Å². The fourth-order valence-electron chi connectivity index (χ4n) is 2.47. The van der Waals surface area contributed by atoms with Crippen LogP contribution in [0.4, 0.5) is 0 Å². The Bertz CT molecular complexity index is 464. The summed E-state index contributed by atoms with van der Waals surface area (Å²) in [4.78, 5) is 6.61. The van der Waals surface area contributed by atoms with Crippen LogP contribution in [0.2, 0.25) is 0 Å². The minimum absolute atomic E-state index is 0.737. The average molecular weight is 304 g/mol. The molecule has 4 nitrogen and oxygen atoms in total. The van der Waals surface area contributed by atoms with E-state index in [0.29, 0.717) is 0 Å². The standard InChI is InChI=1S/C16H24N4S/c1-2-9-15(14-10-5-6-11-17-14)18-19-16(21)20-12-7-3-4-8-13-20/h5-6,10-11H,2-4,7-9,12-13H2,1H3,(H,19,21)/b18-15-. The monoisotopic (exact) mass is 304 g/mol. The molecule has 1 fully saturated rings. The lowest BCUT2D eigenvalue weighted by Crippen LogP contribution is -2.38. The van der Waals surface area contributed by atoms with Crippen molar-refractivity contribution in [1.29, 1.82) is 0 Å². The Morgan fingerprint density at radius 3 is 2.67 bits per heavy atom. The molecule has 5 heteroatoms. The van der Waals surface area contributed by atoms with Gasteiger partial charge in [0, 0.05) is 19.3 Å². The highest BCUT2D eigenvalue weighted by Gasteiger charge is 2.12. The highest BCUT2D eigenvalue weighted by atomic mass is 32.1. The summed E-state index contributed by atoms with van der Waals surface area (Å²) in [7, 11) is 0. The molecule has 1 saturated heterocycles. The van der Waals surface area contributed by atoms with E-state index in [1.54, 1.807) is 6.20 Å². The highest BCUT2D eigenvalue weighted by Crippen LogP contribution is 2.10. The smallest absolute Gasteiger partial charge is 0.189 e. The molecule has 0 aromatic carbocycles. The lowest BCUT2D eigenvalue weighted by molar-refractivity contribution is 0.428. The molecule has 0 aliphatic carbocycles. The molecule has 21 heavy (non-hydrogen) atoms. The van der Waals surface area contributed by atoms with E-state index in [4.69, 9.17) is 12.2 Å². The zero-order valence-electron chi connectivity index (χ0n) is 12.7. The van der Waals surface area contributed by atoms with Gasteiger partial charge in [-0.05, 0) is 43.6 Å². The van der Waals surface area contributed by atoms with E-state index in [9.17, 15) is 0 Å². The van der Waals surface area contributed by atoms with Crippen molar-refractivity contribution in [2.75, 3.05) is 13.1 Å². The molecular weight excluding hydrogens is 280 g/mol. The normalized spacial score (nSPS) is 16.4. The molecule has 1 aliphatic heterocycles. The number of thiocarbonyl (C=S) groups is 1. The molecule has 0 amide bonds. The average Bonchev–Trinajstić information content (AvgIpc) is 2.81. The van der Waals surface area contributed by atoms with Crippen LogP contribution >= 0.6 is 12.2 Å². The van der Waals surface area contributed by atoms with Crippen molar-refractivity contribution in [2.24, 2.45) is 5.10 Å². The number of nitrogens with zero attached hydrogens (tertiary/aromatic N) is 3. The summed E-state index contributed by atoms with van der Waals surface area (Å²) in [6, 6.07) is 5.90. The van der Waals surface area contributed by atoms with Gasteiger partial charge in [0.1, 0.15) is 0 Å². The summed E-state index contributed by atoms with van der Waals surface area (Å²) < 4.78 is 0. The van der Waals surface area contributed by atoms with Gasteiger partial charge in [0.2, 0.25) is 0 Å². The molecule has 114 valence electrons. The molecule has 0 atom stereocenters. The largest absolute Gasteiger partial charge is 0.348 e. The number of nitrogens with one attached hydrogen (secondary N) is 1. The van der Waals surface area contributed by atoms with Crippen LogP contribution in [-0.4, -0.2) is 33.8 Å². The topological polar surface area (TPSA) is 40.5 Å². The maximum atomic E-state index is 5.47. The van der Waals surface area contributed by atoms with Crippen molar-refractivity contribution in [3.63, 3.8) is 0 Å². The molecule has 2 rings (SSSR count). The third kappa shape index (κ3) is 5.08. The summed E-state index contributed by atoms with van der Waals surface area (Å²) in [5.74, 6) is 0. The van der Waals surface area contributed by atoms with Crippen molar-refractivity contribution >= 4 is 23.0 Å². The summed E-state index contributed by atoms with van der Waals surface area (Å²) in [5.41, 5.74) is 4.96. The molecule has 2 heterocycles. The van der Waals surface area contributed by atoms with Crippen LogP contribution in [0.3, 0.4) is 0 Å². The molecule has 0 spiro atoms. The Balaban J connectivity index is 2.00. The summed E-state index contributed by atoms with van der Waals surface area (Å²) in [6.45, 7) is 4.22. The third-order valence-electron chi connectivity index (χ3n) is 3.63. The Morgan fingerprint density at radius 2 is 2.05 bits per heavy atom. The second-order valence-corrected chi connectivity index (χ2v) is 5.73. The van der Waals surface area contributed by atoms with Crippen molar-refractivity contribution < 1.29 is 0 Å². The quantitative estimate of drug-likeness (QED) is 0.526. The minimum Gasteiger partial charge on any atom is -0.348 e. The van der Waals surface area contributed by atoms with Crippen molar-refractivity contribution in [3.8, 4) is 0 Å². The number of hydrogen-bond donors (Lipinski definition) is 1. The Kier molecular flexibility index (Phi) is 6.60. The molecule has 0 unspecified atom stereocenters. The van der Waals surface area contributed by atoms with Crippen LogP contribution in [-0.2, 0) is 0 Å². The first-order valence-electron chi connectivity index (χ1n) is 7.84. The van der Waals surface area contributed by atoms with Gasteiger partial charge in [-0.3, -0.25) is 10.4 Å². The lowest BCUT2D eigenvalue weighted by Gasteiger charge is -2.22. The zero-order valence-corrected chi connectivity index (χ0v) is 13.5. The Hall–Kier alpha value is -1.49. The van der Waals surface area contributed by atoms with E-state index in [1.807, 2.05) is 18.2 Å². The predicted molar refractivity (Wildman–Crippen MR) is 91.5 cm³/mol. The number of hydrazone groups is 1. The number of likely N-dealkylation sites (tertiary alicyclic amines) is 1. The molecule has 1 N–H and O–H groups in total. The molecule has 0 saturated carbocycles. The molecule has 0 radical (unpaired) electrons. The van der Waals surface area contributed by atoms with E-state index in [2.05, 4.69) is 27.3 Å². The number of aromatic nitrogens is 1. The van der Waals surface area contributed by atoms with Gasteiger partial charge in [-0.25, -0.2) is 0 Å². The van der Waals surface area contributed by atoms with E-state index < -0.39 is 0 Å². The number of rotatable bonds is 4. The lowest BCUT2D eigenvalue weighted by atomic mass is 10.1. The highest BCUT2D eigenvalue weighted by molar-refractivity contribution is 7.80. The first kappa shape index (κ1) is 15.9. The third-order valence-corrected chi connectivity index (χ3v) is 3.98. The fourth-order valence-corrected chi connectivity index (χ4v) is 2.70. The number of pyridine rings is 1. The van der Waals surface area contributed by atoms with Crippen molar-refractivity contribution in [3.05, 3.63) is 30.1 Å². The second kappa shape index (κ2) is 8.72. The first-order valence-corrected chi connectivity index (χ1v) is 8.25. The van der Waals surface area contributed by atoms with Gasteiger partial charge in [0.05, 0.1) is 11.4 Å². The van der Waals surface area contributed by atoms with Gasteiger partial charge in [0.15, 0.2) is 5.11 Å². The first-order chi connectivity index (χ1) is 10.3. The zero-order chi connectivity index (χ0) is 14.9. The van der Waals surface area contributed by atoms with Crippen LogP contribution in [0.15, 0.2) is 29.5 Å². The predicted octanol–water partition coefficient (Wildman–Crippen LogP) is 3.34. The molecule has 0 bridgehead atoms. The van der Waals surface area contributed by atoms with E-state index in [-0.39, 0.29) is 0 Å². The van der Waals surface area contributed by atoms with Crippen molar-refractivity contribution in [1.82, 2.24) is 15.3 Å².